The first-order valence-electron chi connectivity index (χ1n) is 9.02. The lowest BCUT2D eigenvalue weighted by molar-refractivity contribution is -0.118. The van der Waals surface area contributed by atoms with E-state index in [1.165, 1.54) is 12.8 Å². The van der Waals surface area contributed by atoms with Gasteiger partial charge in [0.05, 0.1) is 12.2 Å². The maximum atomic E-state index is 12.3. The van der Waals surface area contributed by atoms with Crippen molar-refractivity contribution in [2.45, 2.75) is 52.5 Å². The summed E-state index contributed by atoms with van der Waals surface area (Å²) in [5, 5.41) is 7.28. The maximum absolute atomic E-state index is 12.3. The number of anilines is 1. The van der Waals surface area contributed by atoms with E-state index in [1.54, 1.807) is 6.20 Å². The van der Waals surface area contributed by atoms with E-state index in [-0.39, 0.29) is 12.5 Å². The van der Waals surface area contributed by atoms with Crippen molar-refractivity contribution in [2.75, 3.05) is 11.9 Å². The van der Waals surface area contributed by atoms with Gasteiger partial charge in [0, 0.05) is 6.07 Å². The van der Waals surface area contributed by atoms with Crippen LogP contribution in [0.3, 0.4) is 0 Å². The quantitative estimate of drug-likeness (QED) is 0.817. The Hall–Kier alpha value is -2.30. The molecule has 1 atom stereocenters. The Balaban J connectivity index is 1.63. The van der Waals surface area contributed by atoms with Crippen molar-refractivity contribution in [3.05, 3.63) is 41.6 Å². The largest absolute Gasteiger partial charge is 0.483 e. The van der Waals surface area contributed by atoms with Crippen LogP contribution in [0.25, 0.3) is 0 Å². The molecule has 2 aromatic rings. The summed E-state index contributed by atoms with van der Waals surface area (Å²) in [6, 6.07) is 8.28. The summed E-state index contributed by atoms with van der Waals surface area (Å²) in [6.07, 6.45) is 4.21. The number of benzene rings is 1. The van der Waals surface area contributed by atoms with Gasteiger partial charge in [-0.1, -0.05) is 26.0 Å². The average molecular weight is 341 g/mol. The lowest BCUT2D eigenvalue weighted by atomic mass is 10.0. The van der Waals surface area contributed by atoms with Gasteiger partial charge in [-0.2, -0.15) is 5.10 Å². The Labute approximate surface area is 149 Å². The zero-order chi connectivity index (χ0) is 18.0. The number of amides is 1. The first-order valence-corrected chi connectivity index (χ1v) is 9.02. The molecule has 1 amide bonds. The second-order valence-corrected chi connectivity index (χ2v) is 7.27. The number of carbonyl (C=O) groups excluding carboxylic acids is 1. The molecule has 1 aromatic carbocycles. The second-order valence-electron chi connectivity index (χ2n) is 7.27. The molecule has 1 aromatic heterocycles. The third kappa shape index (κ3) is 4.21. The van der Waals surface area contributed by atoms with Gasteiger partial charge in [0.1, 0.15) is 11.6 Å². The minimum absolute atomic E-state index is 0.00777. The predicted molar refractivity (Wildman–Crippen MR) is 99.1 cm³/mol. The van der Waals surface area contributed by atoms with Crippen LogP contribution < -0.4 is 10.1 Å². The molecule has 0 saturated heterocycles. The highest BCUT2D eigenvalue weighted by Gasteiger charge is 2.30. The zero-order valence-electron chi connectivity index (χ0n) is 15.5. The van der Waals surface area contributed by atoms with Crippen LogP contribution in [-0.2, 0) is 4.79 Å². The molecule has 1 N–H and O–H groups in total. The third-order valence-electron chi connectivity index (χ3n) is 4.78. The molecule has 0 radical (unpaired) electrons. The Kier molecular flexibility index (Phi) is 5.11. The van der Waals surface area contributed by atoms with Crippen molar-refractivity contribution in [3.63, 3.8) is 0 Å². The van der Waals surface area contributed by atoms with Gasteiger partial charge < -0.3 is 10.1 Å². The van der Waals surface area contributed by atoms with Gasteiger partial charge in [-0.25, -0.2) is 4.68 Å². The smallest absolute Gasteiger partial charge is 0.263 e. The SMILES string of the molecule is Cc1ccc(C(C)C)c(OCC(=O)Nc2ccnn2C(C)C2CC2)c1. The Bertz CT molecular complexity index is 747. The Morgan fingerprint density at radius 2 is 2.08 bits per heavy atom. The molecule has 1 unspecified atom stereocenters. The lowest BCUT2D eigenvalue weighted by Gasteiger charge is -2.17. The van der Waals surface area contributed by atoms with E-state index >= 15 is 0 Å². The molecule has 1 saturated carbocycles. The van der Waals surface area contributed by atoms with Gasteiger partial charge in [0.15, 0.2) is 6.61 Å². The van der Waals surface area contributed by atoms with Gasteiger partial charge in [-0.05, 0) is 55.7 Å². The number of rotatable bonds is 7. The highest BCUT2D eigenvalue weighted by Crippen LogP contribution is 2.40. The number of aryl methyl sites for hydroxylation is 1. The summed E-state index contributed by atoms with van der Waals surface area (Å²) in [5.74, 6) is 2.37. The number of hydrogen-bond acceptors (Lipinski definition) is 3. The van der Waals surface area contributed by atoms with E-state index in [9.17, 15) is 4.79 Å². The van der Waals surface area contributed by atoms with E-state index in [4.69, 9.17) is 4.74 Å². The van der Waals surface area contributed by atoms with Gasteiger partial charge in [0.2, 0.25) is 0 Å². The molecule has 1 aliphatic rings. The molecule has 25 heavy (non-hydrogen) atoms. The molecule has 0 spiro atoms. The average Bonchev–Trinajstić information content (AvgIpc) is 3.32. The Morgan fingerprint density at radius 1 is 1.32 bits per heavy atom. The van der Waals surface area contributed by atoms with E-state index in [2.05, 4.69) is 43.3 Å². The monoisotopic (exact) mass is 341 g/mol. The molecule has 1 fully saturated rings. The molecule has 5 heteroatoms. The third-order valence-corrected chi connectivity index (χ3v) is 4.78. The first kappa shape index (κ1) is 17.5. The van der Waals surface area contributed by atoms with Crippen LogP contribution in [0.1, 0.15) is 56.7 Å². The van der Waals surface area contributed by atoms with Crippen molar-refractivity contribution in [1.29, 1.82) is 0 Å². The van der Waals surface area contributed by atoms with Crippen molar-refractivity contribution in [2.24, 2.45) is 5.92 Å². The summed E-state index contributed by atoms with van der Waals surface area (Å²) >= 11 is 0. The first-order chi connectivity index (χ1) is 12.0. The van der Waals surface area contributed by atoms with Crippen LogP contribution in [0, 0.1) is 12.8 Å². The fourth-order valence-electron chi connectivity index (χ4n) is 3.08. The van der Waals surface area contributed by atoms with Gasteiger partial charge in [0.25, 0.3) is 5.91 Å². The maximum Gasteiger partial charge on any atom is 0.263 e. The van der Waals surface area contributed by atoms with Crippen LogP contribution in [0.4, 0.5) is 5.82 Å². The van der Waals surface area contributed by atoms with Crippen LogP contribution in [0.15, 0.2) is 30.5 Å². The highest BCUT2D eigenvalue weighted by molar-refractivity contribution is 5.91. The highest BCUT2D eigenvalue weighted by atomic mass is 16.5. The molecule has 3 rings (SSSR count). The number of nitrogens with one attached hydrogen (secondary N) is 1. The molecule has 1 heterocycles. The molecule has 134 valence electrons. The zero-order valence-corrected chi connectivity index (χ0v) is 15.5. The van der Waals surface area contributed by atoms with E-state index in [1.807, 2.05) is 23.7 Å². The predicted octanol–water partition coefficient (Wildman–Crippen LogP) is 4.30. The number of hydrogen-bond donors (Lipinski definition) is 1. The fraction of sp³-hybridized carbons (Fsp3) is 0.500. The van der Waals surface area contributed by atoms with Crippen molar-refractivity contribution >= 4 is 11.7 Å². The summed E-state index contributed by atoms with van der Waals surface area (Å²) in [7, 11) is 0. The van der Waals surface area contributed by atoms with Crippen molar-refractivity contribution in [3.8, 4) is 5.75 Å². The van der Waals surface area contributed by atoms with Gasteiger partial charge in [-0.15, -0.1) is 0 Å². The molecule has 1 aliphatic carbocycles. The molecular formula is C20H27N3O2. The normalized spacial score (nSPS) is 15.2. The van der Waals surface area contributed by atoms with Crippen molar-refractivity contribution < 1.29 is 9.53 Å². The second kappa shape index (κ2) is 7.30. The van der Waals surface area contributed by atoms with E-state index < -0.39 is 0 Å². The van der Waals surface area contributed by atoms with E-state index in [0.717, 1.165) is 22.7 Å². The summed E-state index contributed by atoms with van der Waals surface area (Å²) < 4.78 is 7.71. The van der Waals surface area contributed by atoms with Crippen LogP contribution in [-0.4, -0.2) is 22.3 Å². The number of ether oxygens (including phenoxy) is 1. The fourth-order valence-corrected chi connectivity index (χ4v) is 3.08. The van der Waals surface area contributed by atoms with Gasteiger partial charge >= 0.3 is 0 Å². The minimum Gasteiger partial charge on any atom is -0.483 e. The van der Waals surface area contributed by atoms with Gasteiger partial charge in [-0.3, -0.25) is 4.79 Å². The number of aromatic nitrogens is 2. The molecule has 0 aliphatic heterocycles. The minimum atomic E-state index is -0.166. The van der Waals surface area contributed by atoms with Crippen LogP contribution in [0.5, 0.6) is 5.75 Å². The molecule has 5 nitrogen and oxygen atoms in total. The topological polar surface area (TPSA) is 56.1 Å². The summed E-state index contributed by atoms with van der Waals surface area (Å²) in [6.45, 7) is 8.41. The van der Waals surface area contributed by atoms with E-state index in [0.29, 0.717) is 17.9 Å². The standard InChI is InChI=1S/C20H27N3O2/c1-13(2)17-8-5-14(3)11-18(17)25-12-20(24)22-19-9-10-21-23(19)15(4)16-6-7-16/h5,8-11,13,15-16H,6-7,12H2,1-4H3,(H,22,24). The Morgan fingerprint density at radius 3 is 2.76 bits per heavy atom. The van der Waals surface area contributed by atoms with Crippen LogP contribution in [0.2, 0.25) is 0 Å². The summed E-state index contributed by atoms with van der Waals surface area (Å²) in [5.41, 5.74) is 2.24. The van der Waals surface area contributed by atoms with Crippen LogP contribution >= 0.6 is 0 Å². The number of nitrogens with zero attached hydrogens (tertiary/aromatic N) is 2. The summed E-state index contributed by atoms with van der Waals surface area (Å²) in [4.78, 5) is 12.3. The molecule has 0 bridgehead atoms. The number of carbonyl (C=O) groups is 1. The molecular weight excluding hydrogens is 314 g/mol. The van der Waals surface area contributed by atoms with Crippen molar-refractivity contribution in [1.82, 2.24) is 9.78 Å². The lowest BCUT2D eigenvalue weighted by Crippen LogP contribution is -2.23.